The summed E-state index contributed by atoms with van der Waals surface area (Å²) in [5.41, 5.74) is -0.434. The summed E-state index contributed by atoms with van der Waals surface area (Å²) in [6.07, 6.45) is 3.74. The molecule has 0 aliphatic carbocycles. The van der Waals surface area contributed by atoms with Crippen LogP contribution in [0.1, 0.15) is 43.5 Å². The van der Waals surface area contributed by atoms with Crippen LogP contribution in [0.15, 0.2) is 6.20 Å². The van der Waals surface area contributed by atoms with Crippen LogP contribution in [0.4, 0.5) is 4.79 Å². The minimum atomic E-state index is -0.434. The summed E-state index contributed by atoms with van der Waals surface area (Å²) in [4.78, 5) is 21.9. The average molecular weight is 325 g/mol. The molecule has 1 fully saturated rings. The SMILES string of the molecule is Cc1ncc(CN2CCC(N(C)C(=O)OC(C)(C)C)CC2)s1. The van der Waals surface area contributed by atoms with Crippen molar-refractivity contribution >= 4 is 17.4 Å². The van der Waals surface area contributed by atoms with E-state index in [0.29, 0.717) is 0 Å². The largest absolute Gasteiger partial charge is 0.444 e. The normalized spacial score (nSPS) is 17.5. The van der Waals surface area contributed by atoms with E-state index >= 15 is 0 Å². The topological polar surface area (TPSA) is 45.7 Å². The lowest BCUT2D eigenvalue weighted by molar-refractivity contribution is 0.0149. The maximum absolute atomic E-state index is 12.1. The predicted octanol–water partition coefficient (Wildman–Crippen LogP) is 3.28. The average Bonchev–Trinajstić information content (AvgIpc) is 2.82. The van der Waals surface area contributed by atoms with Crippen LogP contribution in [0.5, 0.6) is 0 Å². The number of thiazole rings is 1. The molecule has 1 aliphatic heterocycles. The van der Waals surface area contributed by atoms with Crippen LogP contribution in [-0.2, 0) is 11.3 Å². The third-order valence-corrected chi connectivity index (χ3v) is 4.73. The Morgan fingerprint density at radius 3 is 2.59 bits per heavy atom. The lowest BCUT2D eigenvalue weighted by Crippen LogP contribution is -2.46. The molecule has 0 saturated carbocycles. The molecule has 0 unspecified atom stereocenters. The van der Waals surface area contributed by atoms with E-state index < -0.39 is 5.60 Å². The fraction of sp³-hybridized carbons (Fsp3) is 0.750. The number of aryl methyl sites for hydroxylation is 1. The summed E-state index contributed by atoms with van der Waals surface area (Å²) in [7, 11) is 1.85. The first-order chi connectivity index (χ1) is 10.2. The fourth-order valence-corrected chi connectivity index (χ4v) is 3.48. The van der Waals surface area contributed by atoms with Crippen molar-refractivity contribution in [2.75, 3.05) is 20.1 Å². The standard InChI is InChI=1S/C16H27N3O2S/c1-12-17-10-14(22-12)11-19-8-6-13(7-9-19)18(5)15(20)21-16(2,3)4/h10,13H,6-9,11H2,1-5H3. The lowest BCUT2D eigenvalue weighted by atomic mass is 10.0. The van der Waals surface area contributed by atoms with E-state index in [4.69, 9.17) is 4.74 Å². The van der Waals surface area contributed by atoms with Crippen molar-refractivity contribution in [1.82, 2.24) is 14.8 Å². The van der Waals surface area contributed by atoms with E-state index in [1.54, 1.807) is 16.2 Å². The fourth-order valence-electron chi connectivity index (χ4n) is 2.65. The number of likely N-dealkylation sites (tertiary alicyclic amines) is 1. The van der Waals surface area contributed by atoms with Gasteiger partial charge in [-0.15, -0.1) is 11.3 Å². The van der Waals surface area contributed by atoms with Crippen molar-refractivity contribution in [2.45, 2.75) is 58.7 Å². The maximum Gasteiger partial charge on any atom is 0.410 e. The number of amides is 1. The van der Waals surface area contributed by atoms with Gasteiger partial charge in [-0.1, -0.05) is 0 Å². The second-order valence-corrected chi connectivity index (χ2v) is 8.26. The van der Waals surface area contributed by atoms with E-state index in [-0.39, 0.29) is 12.1 Å². The number of rotatable bonds is 3. The summed E-state index contributed by atoms with van der Waals surface area (Å²) in [5, 5.41) is 1.12. The van der Waals surface area contributed by atoms with Crippen LogP contribution in [0.3, 0.4) is 0 Å². The van der Waals surface area contributed by atoms with E-state index in [0.717, 1.165) is 37.5 Å². The van der Waals surface area contributed by atoms with Gasteiger partial charge in [-0.2, -0.15) is 0 Å². The Labute approximate surface area is 137 Å². The molecule has 0 N–H and O–H groups in total. The summed E-state index contributed by atoms with van der Waals surface area (Å²) < 4.78 is 5.44. The Morgan fingerprint density at radius 2 is 2.09 bits per heavy atom. The molecule has 0 radical (unpaired) electrons. The second-order valence-electron chi connectivity index (χ2n) is 6.94. The Balaban J connectivity index is 1.80. The number of carbonyl (C=O) groups is 1. The van der Waals surface area contributed by atoms with Gasteiger partial charge in [-0.25, -0.2) is 9.78 Å². The van der Waals surface area contributed by atoms with Crippen LogP contribution < -0.4 is 0 Å². The Hall–Kier alpha value is -1.14. The van der Waals surface area contributed by atoms with Crippen LogP contribution in [0, 0.1) is 6.92 Å². The zero-order chi connectivity index (χ0) is 16.3. The van der Waals surface area contributed by atoms with Gasteiger partial charge in [0, 0.05) is 43.8 Å². The number of hydrogen-bond acceptors (Lipinski definition) is 5. The van der Waals surface area contributed by atoms with Gasteiger partial charge < -0.3 is 9.64 Å². The van der Waals surface area contributed by atoms with Gasteiger partial charge in [0.05, 0.1) is 5.01 Å². The van der Waals surface area contributed by atoms with Gasteiger partial charge in [0.2, 0.25) is 0 Å². The molecule has 1 saturated heterocycles. The first kappa shape index (κ1) is 17.2. The van der Waals surface area contributed by atoms with Gasteiger partial charge in [0.15, 0.2) is 0 Å². The number of carbonyl (C=O) groups excluding carboxylic acids is 1. The summed E-state index contributed by atoms with van der Waals surface area (Å²) in [5.74, 6) is 0. The monoisotopic (exact) mass is 325 g/mol. The molecule has 1 aromatic rings. The van der Waals surface area contributed by atoms with Crippen LogP contribution in [0.25, 0.3) is 0 Å². The highest BCUT2D eigenvalue weighted by atomic mass is 32.1. The van der Waals surface area contributed by atoms with Gasteiger partial charge >= 0.3 is 6.09 Å². The first-order valence-electron chi connectivity index (χ1n) is 7.84. The molecule has 2 heterocycles. The third-order valence-electron chi connectivity index (χ3n) is 3.83. The van der Waals surface area contributed by atoms with Crippen molar-refractivity contribution in [3.8, 4) is 0 Å². The molecule has 0 aromatic carbocycles. The molecule has 1 aliphatic rings. The molecule has 5 nitrogen and oxygen atoms in total. The molecule has 22 heavy (non-hydrogen) atoms. The van der Waals surface area contributed by atoms with E-state index in [1.165, 1.54) is 4.88 Å². The third kappa shape index (κ3) is 4.95. The molecule has 0 bridgehead atoms. The van der Waals surface area contributed by atoms with E-state index in [9.17, 15) is 4.79 Å². The van der Waals surface area contributed by atoms with Crippen molar-refractivity contribution in [1.29, 1.82) is 0 Å². The van der Waals surface area contributed by atoms with Crippen LogP contribution in [0.2, 0.25) is 0 Å². The van der Waals surface area contributed by atoms with Gasteiger partial charge in [-0.05, 0) is 40.5 Å². The molecular weight excluding hydrogens is 298 g/mol. The molecule has 1 aromatic heterocycles. The molecule has 124 valence electrons. The van der Waals surface area contributed by atoms with E-state index in [2.05, 4.69) is 9.88 Å². The Bertz CT molecular complexity index is 502. The van der Waals surface area contributed by atoms with Gasteiger partial charge in [0.1, 0.15) is 5.60 Å². The first-order valence-corrected chi connectivity index (χ1v) is 8.66. The summed E-state index contributed by atoms with van der Waals surface area (Å²) in [6.45, 7) is 10.7. The van der Waals surface area contributed by atoms with Crippen LogP contribution in [-0.4, -0.2) is 52.7 Å². The zero-order valence-electron chi connectivity index (χ0n) is 14.3. The molecule has 0 spiro atoms. The van der Waals surface area contributed by atoms with E-state index in [1.807, 2.05) is 40.9 Å². The highest BCUT2D eigenvalue weighted by Crippen LogP contribution is 2.21. The quantitative estimate of drug-likeness (QED) is 0.855. The second kappa shape index (κ2) is 6.96. The minimum Gasteiger partial charge on any atom is -0.444 e. The van der Waals surface area contributed by atoms with Crippen LogP contribution >= 0.6 is 11.3 Å². The van der Waals surface area contributed by atoms with Crippen molar-refractivity contribution in [3.05, 3.63) is 16.1 Å². The molecular formula is C16H27N3O2S. The maximum atomic E-state index is 12.1. The number of nitrogens with zero attached hydrogens (tertiary/aromatic N) is 3. The summed E-state index contributed by atoms with van der Waals surface area (Å²) in [6, 6.07) is 0.272. The van der Waals surface area contributed by atoms with Gasteiger partial charge in [-0.3, -0.25) is 4.90 Å². The lowest BCUT2D eigenvalue weighted by Gasteiger charge is -2.37. The zero-order valence-corrected chi connectivity index (χ0v) is 15.1. The summed E-state index contributed by atoms with van der Waals surface area (Å²) >= 11 is 1.76. The Morgan fingerprint density at radius 1 is 1.45 bits per heavy atom. The number of aromatic nitrogens is 1. The Kier molecular flexibility index (Phi) is 5.45. The minimum absolute atomic E-state index is 0.218. The number of ether oxygens (including phenoxy) is 1. The molecule has 6 heteroatoms. The number of hydrogen-bond donors (Lipinski definition) is 0. The van der Waals surface area contributed by atoms with Crippen molar-refractivity contribution in [2.24, 2.45) is 0 Å². The van der Waals surface area contributed by atoms with Gasteiger partial charge in [0.25, 0.3) is 0 Å². The van der Waals surface area contributed by atoms with Crippen molar-refractivity contribution < 1.29 is 9.53 Å². The highest BCUT2D eigenvalue weighted by molar-refractivity contribution is 7.11. The predicted molar refractivity (Wildman–Crippen MR) is 89.1 cm³/mol. The molecule has 2 rings (SSSR count). The molecule has 1 amide bonds. The molecule has 0 atom stereocenters. The van der Waals surface area contributed by atoms with Crippen molar-refractivity contribution in [3.63, 3.8) is 0 Å². The number of piperidine rings is 1. The smallest absolute Gasteiger partial charge is 0.410 e. The highest BCUT2D eigenvalue weighted by Gasteiger charge is 2.28.